The number of piperidine rings is 1. The van der Waals surface area contributed by atoms with Crippen molar-refractivity contribution in [2.45, 2.75) is 25.3 Å². The molecule has 114 valence electrons. The number of carbonyl (C=O) groups is 1. The number of ether oxygens (including phenoxy) is 1. The van der Waals surface area contributed by atoms with Gasteiger partial charge in [0.15, 0.2) is 0 Å². The van der Waals surface area contributed by atoms with E-state index in [2.05, 4.69) is 9.97 Å². The average molecular weight is 311 g/mol. The zero-order valence-electron chi connectivity index (χ0n) is 11.9. The fraction of sp³-hybridized carbons (Fsp3) is 0.643. The Balaban J connectivity index is 1.77. The van der Waals surface area contributed by atoms with Gasteiger partial charge in [0.05, 0.1) is 30.6 Å². The lowest BCUT2D eigenvalue weighted by atomic mass is 10.0. The number of nitrogens with zero attached hydrogens (tertiary/aromatic N) is 4. The van der Waals surface area contributed by atoms with E-state index in [0.29, 0.717) is 37.3 Å². The fourth-order valence-corrected chi connectivity index (χ4v) is 2.97. The van der Waals surface area contributed by atoms with Crippen molar-refractivity contribution in [3.05, 3.63) is 17.4 Å². The van der Waals surface area contributed by atoms with E-state index in [1.54, 1.807) is 12.4 Å². The van der Waals surface area contributed by atoms with Gasteiger partial charge in [0, 0.05) is 19.6 Å². The van der Waals surface area contributed by atoms with Gasteiger partial charge in [0.1, 0.15) is 6.04 Å². The number of hydrogen-bond donors (Lipinski definition) is 0. The van der Waals surface area contributed by atoms with E-state index >= 15 is 0 Å². The molecular formula is C14H19ClN4O2. The van der Waals surface area contributed by atoms with E-state index in [0.717, 1.165) is 25.8 Å². The van der Waals surface area contributed by atoms with E-state index in [4.69, 9.17) is 16.3 Å². The van der Waals surface area contributed by atoms with Gasteiger partial charge in [-0.05, 0) is 19.3 Å². The molecule has 0 aliphatic carbocycles. The van der Waals surface area contributed by atoms with E-state index < -0.39 is 0 Å². The summed E-state index contributed by atoms with van der Waals surface area (Å²) >= 11 is 5.84. The molecule has 0 radical (unpaired) electrons. The highest BCUT2D eigenvalue weighted by Gasteiger charge is 2.33. The maximum Gasteiger partial charge on any atom is 0.245 e. The lowest BCUT2D eigenvalue weighted by molar-refractivity contribution is -0.137. The zero-order chi connectivity index (χ0) is 14.7. The zero-order valence-corrected chi connectivity index (χ0v) is 12.6. The first-order valence-electron chi connectivity index (χ1n) is 7.36. The second kappa shape index (κ2) is 6.58. The van der Waals surface area contributed by atoms with E-state index in [-0.39, 0.29) is 11.9 Å². The largest absolute Gasteiger partial charge is 0.378 e. The Labute approximate surface area is 129 Å². The lowest BCUT2D eigenvalue weighted by Crippen LogP contribution is -2.54. The van der Waals surface area contributed by atoms with Crippen molar-refractivity contribution in [3.63, 3.8) is 0 Å². The van der Waals surface area contributed by atoms with Crippen molar-refractivity contribution < 1.29 is 9.53 Å². The lowest BCUT2D eigenvalue weighted by Gasteiger charge is -2.38. The van der Waals surface area contributed by atoms with Gasteiger partial charge in [0.2, 0.25) is 11.9 Å². The van der Waals surface area contributed by atoms with Gasteiger partial charge in [-0.1, -0.05) is 11.6 Å². The molecule has 0 bridgehead atoms. The fourth-order valence-electron chi connectivity index (χ4n) is 2.88. The molecule has 0 saturated carbocycles. The van der Waals surface area contributed by atoms with Gasteiger partial charge in [-0.25, -0.2) is 9.97 Å². The second-order valence-corrected chi connectivity index (χ2v) is 5.78. The summed E-state index contributed by atoms with van der Waals surface area (Å²) in [5.74, 6) is 0.752. The van der Waals surface area contributed by atoms with Gasteiger partial charge in [-0.2, -0.15) is 0 Å². The molecule has 0 unspecified atom stereocenters. The van der Waals surface area contributed by atoms with Crippen molar-refractivity contribution in [1.29, 1.82) is 0 Å². The first-order chi connectivity index (χ1) is 10.3. The summed E-state index contributed by atoms with van der Waals surface area (Å²) in [5.41, 5.74) is 0. The van der Waals surface area contributed by atoms with E-state index in [9.17, 15) is 4.79 Å². The minimum absolute atomic E-state index is 0.163. The molecule has 0 spiro atoms. The molecule has 6 nitrogen and oxygen atoms in total. The van der Waals surface area contributed by atoms with Crippen LogP contribution in [0.5, 0.6) is 0 Å². The van der Waals surface area contributed by atoms with Crippen LogP contribution >= 0.6 is 11.6 Å². The molecule has 2 fully saturated rings. The second-order valence-electron chi connectivity index (χ2n) is 5.34. The Morgan fingerprint density at radius 1 is 1.19 bits per heavy atom. The predicted molar refractivity (Wildman–Crippen MR) is 79.4 cm³/mol. The summed E-state index contributed by atoms with van der Waals surface area (Å²) in [5, 5.41) is 0.506. The number of morpholine rings is 1. The highest BCUT2D eigenvalue weighted by atomic mass is 35.5. The molecule has 1 atom stereocenters. The van der Waals surface area contributed by atoms with Crippen molar-refractivity contribution in [3.8, 4) is 0 Å². The summed E-state index contributed by atoms with van der Waals surface area (Å²) in [7, 11) is 0. The smallest absolute Gasteiger partial charge is 0.245 e. The minimum atomic E-state index is -0.168. The topological polar surface area (TPSA) is 58.6 Å². The highest BCUT2D eigenvalue weighted by Crippen LogP contribution is 2.24. The maximum absolute atomic E-state index is 12.8. The standard InChI is InChI=1S/C14H19ClN4O2/c15-11-9-16-14(17-10-11)19-4-2-1-3-12(19)13(20)18-5-7-21-8-6-18/h9-10,12H,1-8H2/t12-/m1/s1. The highest BCUT2D eigenvalue weighted by molar-refractivity contribution is 6.30. The van der Waals surface area contributed by atoms with Crippen LogP contribution in [0.2, 0.25) is 5.02 Å². The van der Waals surface area contributed by atoms with Crippen LogP contribution in [0.3, 0.4) is 0 Å². The Hall–Kier alpha value is -1.40. The van der Waals surface area contributed by atoms with Crippen molar-refractivity contribution in [1.82, 2.24) is 14.9 Å². The molecule has 2 aliphatic rings. The first kappa shape index (κ1) is 14.5. The molecule has 7 heteroatoms. The summed E-state index contributed by atoms with van der Waals surface area (Å²) in [6.07, 6.45) is 6.12. The van der Waals surface area contributed by atoms with E-state index in [1.807, 2.05) is 9.80 Å². The number of amides is 1. The predicted octanol–water partition coefficient (Wildman–Crippen LogP) is 1.35. The van der Waals surface area contributed by atoms with E-state index in [1.165, 1.54) is 0 Å². The van der Waals surface area contributed by atoms with Crippen molar-refractivity contribution >= 4 is 23.5 Å². The third kappa shape index (κ3) is 3.27. The van der Waals surface area contributed by atoms with Crippen LogP contribution < -0.4 is 4.90 Å². The molecule has 0 N–H and O–H groups in total. The first-order valence-corrected chi connectivity index (χ1v) is 7.74. The molecule has 3 heterocycles. The average Bonchev–Trinajstić information content (AvgIpc) is 2.56. The number of rotatable bonds is 2. The van der Waals surface area contributed by atoms with Crippen molar-refractivity contribution in [2.24, 2.45) is 0 Å². The molecule has 21 heavy (non-hydrogen) atoms. The van der Waals surface area contributed by atoms with Crippen LogP contribution in [0.1, 0.15) is 19.3 Å². The minimum Gasteiger partial charge on any atom is -0.378 e. The van der Waals surface area contributed by atoms with Crippen LogP contribution in [0.4, 0.5) is 5.95 Å². The third-order valence-electron chi connectivity index (χ3n) is 3.97. The summed E-state index contributed by atoms with van der Waals surface area (Å²) < 4.78 is 5.32. The SMILES string of the molecule is O=C([C@H]1CCCCN1c1ncc(Cl)cn1)N1CCOCC1. The number of halogens is 1. The van der Waals surface area contributed by atoms with Gasteiger partial charge >= 0.3 is 0 Å². The summed E-state index contributed by atoms with van der Waals surface area (Å²) in [6.45, 7) is 3.39. The summed E-state index contributed by atoms with van der Waals surface area (Å²) in [4.78, 5) is 25.2. The van der Waals surface area contributed by atoms with Crippen LogP contribution in [-0.2, 0) is 9.53 Å². The number of carbonyl (C=O) groups excluding carboxylic acids is 1. The number of anilines is 1. The maximum atomic E-state index is 12.8. The Kier molecular flexibility index (Phi) is 4.55. The van der Waals surface area contributed by atoms with Gasteiger partial charge in [-0.3, -0.25) is 4.79 Å². The molecule has 1 aromatic rings. The number of hydrogen-bond acceptors (Lipinski definition) is 5. The third-order valence-corrected chi connectivity index (χ3v) is 4.17. The monoisotopic (exact) mass is 310 g/mol. The number of aromatic nitrogens is 2. The molecule has 2 aliphatic heterocycles. The Morgan fingerprint density at radius 3 is 2.62 bits per heavy atom. The molecule has 1 aromatic heterocycles. The molecule has 1 amide bonds. The summed E-state index contributed by atoms with van der Waals surface area (Å²) in [6, 6.07) is -0.168. The van der Waals surface area contributed by atoms with Crippen LogP contribution in [0.25, 0.3) is 0 Å². The molecule has 2 saturated heterocycles. The molecule has 0 aromatic carbocycles. The molecule has 3 rings (SSSR count). The van der Waals surface area contributed by atoms with Crippen LogP contribution in [-0.4, -0.2) is 59.7 Å². The van der Waals surface area contributed by atoms with Gasteiger partial charge in [-0.15, -0.1) is 0 Å². The molecular weight excluding hydrogens is 292 g/mol. The normalized spacial score (nSPS) is 23.2. The van der Waals surface area contributed by atoms with Gasteiger partial charge in [0.25, 0.3) is 0 Å². The van der Waals surface area contributed by atoms with Crippen LogP contribution in [0.15, 0.2) is 12.4 Å². The Morgan fingerprint density at radius 2 is 1.90 bits per heavy atom. The quantitative estimate of drug-likeness (QED) is 0.825. The van der Waals surface area contributed by atoms with Gasteiger partial charge < -0.3 is 14.5 Å². The Bertz CT molecular complexity index is 490. The van der Waals surface area contributed by atoms with Crippen LogP contribution in [0, 0.1) is 0 Å². The van der Waals surface area contributed by atoms with Crippen molar-refractivity contribution in [2.75, 3.05) is 37.7 Å².